The van der Waals surface area contributed by atoms with Crippen LogP contribution in [0.25, 0.3) is 5.57 Å². The number of aryl methyl sites for hydroxylation is 4. The third kappa shape index (κ3) is 3.96. The standard InChI is InChI=1S/C26H28/c1-18-11-13-23(14-12-18)20(3)17-25(24-9-7-6-8-10-24)26-21(4)15-19(2)16-22(26)5/h6-17,20H,1-5H3/b25-17+. The van der Waals surface area contributed by atoms with Crippen LogP contribution in [0.2, 0.25) is 0 Å². The molecule has 3 aromatic rings. The van der Waals surface area contributed by atoms with Gasteiger partial charge in [0.2, 0.25) is 0 Å². The summed E-state index contributed by atoms with van der Waals surface area (Å²) in [5, 5.41) is 0. The zero-order valence-corrected chi connectivity index (χ0v) is 16.5. The lowest BCUT2D eigenvalue weighted by molar-refractivity contribution is 0.967. The highest BCUT2D eigenvalue weighted by molar-refractivity contribution is 5.83. The molecule has 0 heterocycles. The Bertz CT molecular complexity index is 889. The van der Waals surface area contributed by atoms with Crippen molar-refractivity contribution in [2.24, 2.45) is 0 Å². The number of allylic oxidation sites excluding steroid dienone is 1. The van der Waals surface area contributed by atoms with E-state index < -0.39 is 0 Å². The Morgan fingerprint density at radius 1 is 0.731 bits per heavy atom. The number of hydrogen-bond donors (Lipinski definition) is 0. The third-order valence-corrected chi connectivity index (χ3v) is 5.05. The lowest BCUT2D eigenvalue weighted by Gasteiger charge is -2.18. The van der Waals surface area contributed by atoms with E-state index in [1.807, 2.05) is 0 Å². The average molecular weight is 341 g/mol. The van der Waals surface area contributed by atoms with Gasteiger partial charge in [0.05, 0.1) is 0 Å². The van der Waals surface area contributed by atoms with Gasteiger partial charge in [-0.25, -0.2) is 0 Å². The summed E-state index contributed by atoms with van der Waals surface area (Å²) in [7, 11) is 0. The first kappa shape index (κ1) is 18.2. The minimum absolute atomic E-state index is 0.353. The number of rotatable bonds is 4. The first-order valence-corrected chi connectivity index (χ1v) is 9.37. The van der Waals surface area contributed by atoms with E-state index in [0.29, 0.717) is 5.92 Å². The lowest BCUT2D eigenvalue weighted by atomic mass is 9.86. The van der Waals surface area contributed by atoms with Crippen LogP contribution in [0.1, 0.15) is 51.8 Å². The number of hydrogen-bond acceptors (Lipinski definition) is 0. The van der Waals surface area contributed by atoms with E-state index in [9.17, 15) is 0 Å². The summed E-state index contributed by atoms with van der Waals surface area (Å²) in [4.78, 5) is 0. The molecule has 3 rings (SSSR count). The lowest BCUT2D eigenvalue weighted by Crippen LogP contribution is -1.99. The molecule has 26 heavy (non-hydrogen) atoms. The topological polar surface area (TPSA) is 0 Å². The summed E-state index contributed by atoms with van der Waals surface area (Å²) < 4.78 is 0. The summed E-state index contributed by atoms with van der Waals surface area (Å²) in [5.74, 6) is 0.353. The van der Waals surface area contributed by atoms with Crippen molar-refractivity contribution in [3.8, 4) is 0 Å². The van der Waals surface area contributed by atoms with Crippen molar-refractivity contribution >= 4 is 5.57 Å². The molecule has 0 nitrogen and oxygen atoms in total. The van der Waals surface area contributed by atoms with Crippen molar-refractivity contribution in [1.29, 1.82) is 0 Å². The molecular weight excluding hydrogens is 312 g/mol. The zero-order valence-electron chi connectivity index (χ0n) is 16.5. The molecule has 1 unspecified atom stereocenters. The van der Waals surface area contributed by atoms with Crippen molar-refractivity contribution in [1.82, 2.24) is 0 Å². The summed E-state index contributed by atoms with van der Waals surface area (Å²) in [6.07, 6.45) is 2.42. The molecule has 0 fully saturated rings. The van der Waals surface area contributed by atoms with E-state index in [0.717, 1.165) is 0 Å². The molecule has 0 amide bonds. The molecule has 0 saturated heterocycles. The molecule has 0 aliphatic heterocycles. The predicted molar refractivity (Wildman–Crippen MR) is 114 cm³/mol. The quantitative estimate of drug-likeness (QED) is 0.473. The molecule has 0 spiro atoms. The molecule has 0 radical (unpaired) electrons. The smallest absolute Gasteiger partial charge is 0.000101 e. The molecular formula is C26H28. The predicted octanol–water partition coefficient (Wildman–Crippen LogP) is 7.16. The van der Waals surface area contributed by atoms with Crippen molar-refractivity contribution in [2.45, 2.75) is 40.5 Å². The molecule has 3 aromatic carbocycles. The molecule has 0 heteroatoms. The van der Waals surface area contributed by atoms with Crippen LogP contribution in [-0.2, 0) is 0 Å². The Labute approximate surface area is 158 Å². The van der Waals surface area contributed by atoms with Crippen molar-refractivity contribution < 1.29 is 0 Å². The maximum atomic E-state index is 2.42. The maximum absolute atomic E-state index is 2.42. The first-order valence-electron chi connectivity index (χ1n) is 9.37. The van der Waals surface area contributed by atoms with Gasteiger partial charge in [0, 0.05) is 0 Å². The third-order valence-electron chi connectivity index (χ3n) is 5.05. The molecule has 1 atom stereocenters. The van der Waals surface area contributed by atoms with Gasteiger partial charge in [-0.3, -0.25) is 0 Å². The molecule has 0 aliphatic carbocycles. The summed E-state index contributed by atoms with van der Waals surface area (Å²) >= 11 is 0. The van der Waals surface area contributed by atoms with Crippen LogP contribution < -0.4 is 0 Å². The van der Waals surface area contributed by atoms with E-state index in [4.69, 9.17) is 0 Å². The van der Waals surface area contributed by atoms with Gasteiger partial charge in [0.15, 0.2) is 0 Å². The Morgan fingerprint density at radius 2 is 1.31 bits per heavy atom. The zero-order chi connectivity index (χ0) is 18.7. The second-order valence-electron chi connectivity index (χ2n) is 7.42. The van der Waals surface area contributed by atoms with Gasteiger partial charge < -0.3 is 0 Å². The van der Waals surface area contributed by atoms with Crippen LogP contribution in [0.4, 0.5) is 0 Å². The molecule has 0 saturated carbocycles. The summed E-state index contributed by atoms with van der Waals surface area (Å²) in [6.45, 7) is 11.0. The molecule has 0 N–H and O–H groups in total. The van der Waals surface area contributed by atoms with E-state index in [-0.39, 0.29) is 0 Å². The van der Waals surface area contributed by atoms with Crippen molar-refractivity contribution in [3.63, 3.8) is 0 Å². The number of benzene rings is 3. The van der Waals surface area contributed by atoms with Crippen molar-refractivity contribution in [2.75, 3.05) is 0 Å². The fourth-order valence-corrected chi connectivity index (χ4v) is 3.76. The minimum Gasteiger partial charge on any atom is -0.0688 e. The van der Waals surface area contributed by atoms with Crippen LogP contribution >= 0.6 is 0 Å². The molecule has 132 valence electrons. The molecule has 0 bridgehead atoms. The highest BCUT2D eigenvalue weighted by Crippen LogP contribution is 2.33. The largest absolute Gasteiger partial charge is 0.0688 e. The van der Waals surface area contributed by atoms with E-state index in [1.165, 1.54) is 44.5 Å². The van der Waals surface area contributed by atoms with Crippen molar-refractivity contribution in [3.05, 3.63) is 112 Å². The molecule has 0 aliphatic rings. The Hall–Kier alpha value is -2.60. The van der Waals surface area contributed by atoms with E-state index in [1.54, 1.807) is 0 Å². The van der Waals surface area contributed by atoms with Gasteiger partial charge in [0.25, 0.3) is 0 Å². The monoisotopic (exact) mass is 340 g/mol. The molecule has 0 aromatic heterocycles. The second-order valence-corrected chi connectivity index (χ2v) is 7.42. The van der Waals surface area contributed by atoms with Gasteiger partial charge >= 0.3 is 0 Å². The summed E-state index contributed by atoms with van der Waals surface area (Å²) in [6, 6.07) is 24.2. The normalized spacial score (nSPS) is 12.9. The van der Waals surface area contributed by atoms with E-state index in [2.05, 4.69) is 107 Å². The fourth-order valence-electron chi connectivity index (χ4n) is 3.76. The Balaban J connectivity index is 2.15. The summed E-state index contributed by atoms with van der Waals surface area (Å²) in [5.41, 5.74) is 10.6. The SMILES string of the molecule is Cc1ccc(C(C)/C=C(\c2ccccc2)c2c(C)cc(C)cc2C)cc1. The highest BCUT2D eigenvalue weighted by atomic mass is 14.2. The maximum Gasteiger partial charge on any atom is -0.000101 e. The van der Waals surface area contributed by atoms with Gasteiger partial charge in [-0.1, -0.05) is 90.9 Å². The van der Waals surface area contributed by atoms with Gasteiger partial charge in [0.1, 0.15) is 0 Å². The van der Waals surface area contributed by atoms with Crippen LogP contribution in [0.15, 0.2) is 72.8 Å². The Kier molecular flexibility index (Phi) is 5.42. The first-order chi connectivity index (χ1) is 12.5. The van der Waals surface area contributed by atoms with Crippen LogP contribution in [-0.4, -0.2) is 0 Å². The van der Waals surface area contributed by atoms with Gasteiger partial charge in [-0.05, 0) is 67.0 Å². The highest BCUT2D eigenvalue weighted by Gasteiger charge is 2.14. The van der Waals surface area contributed by atoms with Crippen LogP contribution in [0.3, 0.4) is 0 Å². The average Bonchev–Trinajstić information content (AvgIpc) is 2.61. The van der Waals surface area contributed by atoms with Gasteiger partial charge in [-0.2, -0.15) is 0 Å². The van der Waals surface area contributed by atoms with E-state index >= 15 is 0 Å². The Morgan fingerprint density at radius 3 is 1.88 bits per heavy atom. The van der Waals surface area contributed by atoms with Crippen LogP contribution in [0, 0.1) is 27.7 Å². The fraction of sp³-hybridized carbons (Fsp3) is 0.231. The van der Waals surface area contributed by atoms with Gasteiger partial charge in [-0.15, -0.1) is 0 Å². The van der Waals surface area contributed by atoms with Crippen LogP contribution in [0.5, 0.6) is 0 Å². The second kappa shape index (κ2) is 7.74. The minimum atomic E-state index is 0.353.